The van der Waals surface area contributed by atoms with Crippen LogP contribution in [0, 0.1) is 6.57 Å². The number of rotatable bonds is 4. The monoisotopic (exact) mass is 317 g/mol. The predicted octanol–water partition coefficient (Wildman–Crippen LogP) is 4.11. The van der Waals surface area contributed by atoms with Crippen molar-refractivity contribution in [3.63, 3.8) is 0 Å². The number of hydrogen-bond acceptors (Lipinski definition) is 3. The van der Waals surface area contributed by atoms with Gasteiger partial charge < -0.3 is 9.72 Å². The maximum Gasteiger partial charge on any atom is 0.331 e. The molecule has 0 bridgehead atoms. The number of carbonyl (C=O) groups is 1. The highest BCUT2D eigenvalue weighted by atomic mass is 16.5. The van der Waals surface area contributed by atoms with Gasteiger partial charge in [-0.25, -0.2) is 9.64 Å². The van der Waals surface area contributed by atoms with Crippen LogP contribution in [0.15, 0.2) is 54.9 Å². The van der Waals surface area contributed by atoms with Crippen LogP contribution in [0.25, 0.3) is 21.3 Å². The highest BCUT2D eigenvalue weighted by Gasteiger charge is 2.12. The minimum absolute atomic E-state index is 0.314. The maximum absolute atomic E-state index is 11.9. The highest BCUT2D eigenvalue weighted by Crippen LogP contribution is 2.30. The molecule has 0 aliphatic rings. The van der Waals surface area contributed by atoms with E-state index in [1.165, 1.54) is 6.08 Å². The quantitative estimate of drug-likeness (QED) is 0.447. The largest absolute Gasteiger partial charge is 0.463 e. The van der Waals surface area contributed by atoms with E-state index in [4.69, 9.17) is 11.3 Å². The first-order valence-corrected chi connectivity index (χ1v) is 7.51. The summed E-state index contributed by atoms with van der Waals surface area (Å²) in [5, 5.41) is 0.852. The van der Waals surface area contributed by atoms with Crippen molar-refractivity contribution in [2.24, 2.45) is 0 Å². The van der Waals surface area contributed by atoms with Gasteiger partial charge in [-0.05, 0) is 30.7 Å². The molecule has 0 spiro atoms. The van der Waals surface area contributed by atoms with Gasteiger partial charge in [0.2, 0.25) is 5.69 Å². The molecule has 0 aliphatic carbocycles. The predicted molar refractivity (Wildman–Crippen MR) is 92.5 cm³/mol. The van der Waals surface area contributed by atoms with Gasteiger partial charge >= 0.3 is 5.97 Å². The smallest absolute Gasteiger partial charge is 0.331 e. The summed E-state index contributed by atoms with van der Waals surface area (Å²) in [5.74, 6) is -0.411. The number of ether oxygens (including phenoxy) is 1. The summed E-state index contributed by atoms with van der Waals surface area (Å²) in [5.41, 5.74) is 3.60. The number of aromatic amines is 1. The Kier molecular flexibility index (Phi) is 4.39. The van der Waals surface area contributed by atoms with Gasteiger partial charge in [-0.1, -0.05) is 18.2 Å². The maximum atomic E-state index is 11.9. The number of aromatic nitrogens is 2. The van der Waals surface area contributed by atoms with Crippen molar-refractivity contribution in [3.05, 3.63) is 77.5 Å². The second-order valence-corrected chi connectivity index (χ2v) is 5.07. The lowest BCUT2D eigenvalue weighted by molar-refractivity contribution is -0.137. The van der Waals surface area contributed by atoms with E-state index in [9.17, 15) is 4.79 Å². The van der Waals surface area contributed by atoms with Gasteiger partial charge in [-0.3, -0.25) is 4.98 Å². The molecule has 0 aliphatic heterocycles. The van der Waals surface area contributed by atoms with Crippen molar-refractivity contribution in [2.75, 3.05) is 6.61 Å². The first-order chi connectivity index (χ1) is 11.7. The second-order valence-electron chi connectivity index (χ2n) is 5.07. The van der Waals surface area contributed by atoms with Crippen LogP contribution in [-0.4, -0.2) is 22.5 Å². The van der Waals surface area contributed by atoms with Crippen LogP contribution in [0.5, 0.6) is 0 Å². The molecule has 0 amide bonds. The van der Waals surface area contributed by atoms with E-state index in [0.29, 0.717) is 23.6 Å². The molecule has 2 aromatic heterocycles. The zero-order valence-corrected chi connectivity index (χ0v) is 13.1. The summed E-state index contributed by atoms with van der Waals surface area (Å²) in [7, 11) is 0. The Labute approximate surface area is 139 Å². The molecular formula is C19H15N3O2. The molecule has 5 heteroatoms. The standard InChI is InChI=1S/C19H15N3O2/c1-3-24-19(23)11-15(16-6-4-5-9-21-16)13-7-8-14-17(10-13)22-12-18(14)20-2/h4-12,22H,3H2,1H3/b15-11-. The first-order valence-electron chi connectivity index (χ1n) is 7.51. The summed E-state index contributed by atoms with van der Waals surface area (Å²) >= 11 is 0. The van der Waals surface area contributed by atoms with Crippen LogP contribution in [0.2, 0.25) is 0 Å². The molecule has 2 heterocycles. The Hall–Kier alpha value is -3.39. The van der Waals surface area contributed by atoms with Gasteiger partial charge in [0.05, 0.1) is 18.9 Å². The minimum atomic E-state index is -0.411. The summed E-state index contributed by atoms with van der Waals surface area (Å²) in [4.78, 5) is 22.8. The van der Waals surface area contributed by atoms with Gasteiger partial charge in [0.1, 0.15) is 0 Å². The Balaban J connectivity index is 2.12. The average Bonchev–Trinajstić information content (AvgIpc) is 3.03. The number of benzene rings is 1. The Morgan fingerprint density at radius 1 is 1.38 bits per heavy atom. The summed E-state index contributed by atoms with van der Waals surface area (Å²) < 4.78 is 5.03. The summed E-state index contributed by atoms with van der Waals surface area (Å²) in [6.45, 7) is 9.26. The Bertz CT molecular complexity index is 950. The van der Waals surface area contributed by atoms with Crippen molar-refractivity contribution in [2.45, 2.75) is 6.92 Å². The van der Waals surface area contributed by atoms with Gasteiger partial charge in [-0.15, -0.1) is 0 Å². The minimum Gasteiger partial charge on any atom is -0.463 e. The molecule has 1 N–H and O–H groups in total. The lowest BCUT2D eigenvalue weighted by Crippen LogP contribution is -2.02. The van der Waals surface area contributed by atoms with Gasteiger partial charge in [0, 0.05) is 34.9 Å². The molecule has 0 saturated heterocycles. The fraction of sp³-hybridized carbons (Fsp3) is 0.105. The molecule has 24 heavy (non-hydrogen) atoms. The molecule has 3 aromatic rings. The molecular weight excluding hydrogens is 302 g/mol. The normalized spacial score (nSPS) is 11.2. The fourth-order valence-corrected chi connectivity index (χ4v) is 2.50. The third-order valence-electron chi connectivity index (χ3n) is 3.58. The lowest BCUT2D eigenvalue weighted by atomic mass is 10.0. The molecule has 0 saturated carbocycles. The number of carbonyl (C=O) groups excluding carboxylic acids is 1. The van der Waals surface area contributed by atoms with Crippen LogP contribution in [0.3, 0.4) is 0 Å². The summed E-state index contributed by atoms with van der Waals surface area (Å²) in [6.07, 6.45) is 4.81. The van der Waals surface area contributed by atoms with E-state index in [1.807, 2.05) is 36.4 Å². The fourth-order valence-electron chi connectivity index (χ4n) is 2.50. The third kappa shape index (κ3) is 3.03. The van der Waals surface area contributed by atoms with Crippen molar-refractivity contribution in [1.82, 2.24) is 9.97 Å². The van der Waals surface area contributed by atoms with Gasteiger partial charge in [0.25, 0.3) is 0 Å². The molecule has 1 aromatic carbocycles. The number of pyridine rings is 1. The van der Waals surface area contributed by atoms with E-state index in [1.54, 1.807) is 19.3 Å². The van der Waals surface area contributed by atoms with E-state index >= 15 is 0 Å². The van der Waals surface area contributed by atoms with E-state index in [-0.39, 0.29) is 0 Å². The number of fused-ring (bicyclic) bond motifs is 1. The SMILES string of the molecule is [C-]#[N+]c1c[nH]c2cc(/C(=C/C(=O)OCC)c3ccccn3)ccc12. The van der Waals surface area contributed by atoms with Crippen molar-refractivity contribution >= 4 is 28.1 Å². The van der Waals surface area contributed by atoms with Gasteiger partial charge in [0.15, 0.2) is 0 Å². The van der Waals surface area contributed by atoms with Crippen LogP contribution in [0.1, 0.15) is 18.2 Å². The molecule has 0 radical (unpaired) electrons. The molecule has 0 fully saturated rings. The van der Waals surface area contributed by atoms with Crippen LogP contribution in [-0.2, 0) is 9.53 Å². The Morgan fingerprint density at radius 2 is 2.25 bits per heavy atom. The zero-order chi connectivity index (χ0) is 16.9. The second kappa shape index (κ2) is 6.80. The molecule has 3 rings (SSSR count). The molecule has 0 atom stereocenters. The number of H-pyrrole nitrogens is 1. The van der Waals surface area contributed by atoms with Crippen molar-refractivity contribution < 1.29 is 9.53 Å². The average molecular weight is 317 g/mol. The van der Waals surface area contributed by atoms with Crippen LogP contribution >= 0.6 is 0 Å². The van der Waals surface area contributed by atoms with Crippen molar-refractivity contribution in [3.8, 4) is 0 Å². The molecule has 118 valence electrons. The first kappa shape index (κ1) is 15.5. The van der Waals surface area contributed by atoms with Gasteiger partial charge in [-0.2, -0.15) is 0 Å². The number of nitrogens with zero attached hydrogens (tertiary/aromatic N) is 2. The Morgan fingerprint density at radius 3 is 2.96 bits per heavy atom. The zero-order valence-electron chi connectivity index (χ0n) is 13.1. The van der Waals surface area contributed by atoms with Crippen LogP contribution in [0.4, 0.5) is 5.69 Å². The third-order valence-corrected chi connectivity index (χ3v) is 3.58. The topological polar surface area (TPSA) is 59.3 Å². The van der Waals surface area contributed by atoms with E-state index in [2.05, 4.69) is 14.8 Å². The number of nitrogens with one attached hydrogen (secondary N) is 1. The molecule has 5 nitrogen and oxygen atoms in total. The van der Waals surface area contributed by atoms with Crippen LogP contribution < -0.4 is 0 Å². The van der Waals surface area contributed by atoms with E-state index in [0.717, 1.165) is 16.5 Å². The number of hydrogen-bond donors (Lipinski definition) is 1. The number of esters is 1. The molecule has 0 unspecified atom stereocenters. The van der Waals surface area contributed by atoms with Crippen molar-refractivity contribution in [1.29, 1.82) is 0 Å². The summed E-state index contributed by atoms with van der Waals surface area (Å²) in [6, 6.07) is 11.2. The lowest BCUT2D eigenvalue weighted by Gasteiger charge is -2.08. The highest BCUT2D eigenvalue weighted by molar-refractivity contribution is 5.99. The van der Waals surface area contributed by atoms with E-state index < -0.39 is 5.97 Å².